The Kier molecular flexibility index (Phi) is 16.0. The summed E-state index contributed by atoms with van der Waals surface area (Å²) in [5.41, 5.74) is 3.72. The number of aromatic nitrogens is 2. The van der Waals surface area contributed by atoms with E-state index in [4.69, 9.17) is 18.2 Å². The van der Waals surface area contributed by atoms with Crippen LogP contribution in [0, 0.1) is 34.5 Å². The van der Waals surface area contributed by atoms with Crippen LogP contribution >= 0.6 is 57.1 Å². The molecule has 0 aliphatic rings. The molecule has 0 N–H and O–H groups in total. The zero-order valence-corrected chi connectivity index (χ0v) is 37.7. The van der Waals surface area contributed by atoms with E-state index in [1.165, 1.54) is 34.4 Å². The highest BCUT2D eigenvalue weighted by molar-refractivity contribution is 7.25. The number of rotatable bonds is 20. The van der Waals surface area contributed by atoms with E-state index < -0.39 is 11.9 Å². The van der Waals surface area contributed by atoms with Crippen molar-refractivity contribution in [1.29, 1.82) is 10.5 Å². The second-order valence-electron chi connectivity index (χ2n) is 14.2. The average Bonchev–Trinajstić information content (AvgIpc) is 4.12. The molecule has 2 atom stereocenters. The highest BCUT2D eigenvalue weighted by Crippen LogP contribution is 2.44. The van der Waals surface area contributed by atoms with Crippen LogP contribution < -0.4 is 0 Å². The SMILES string of the molecule is CCCCC(CC)COC(=O)/C(C#N)=C/c1ccc(-c2ccc(-c3ccc(-c4ccc(-c5ccc(/C=C(\C#N)C(=O)OCC(CC)CCCC)s5)s4)c4nsnc34)s2)s1. The molecule has 304 valence electrons. The van der Waals surface area contributed by atoms with Crippen LogP contribution in [0.25, 0.3) is 63.6 Å². The van der Waals surface area contributed by atoms with Crippen molar-refractivity contribution in [3.63, 3.8) is 0 Å². The number of unbranched alkanes of at least 4 members (excludes halogenated alkanes) is 2. The monoisotopic (exact) mass is 878 g/mol. The first-order valence-corrected chi connectivity index (χ1v) is 24.0. The van der Waals surface area contributed by atoms with E-state index in [1.807, 2.05) is 36.4 Å². The third-order valence-electron chi connectivity index (χ3n) is 10.1. The predicted molar refractivity (Wildman–Crippen MR) is 246 cm³/mol. The summed E-state index contributed by atoms with van der Waals surface area (Å²) in [6.07, 6.45) is 11.5. The molecular formula is C46H46N4O4S5. The maximum atomic E-state index is 12.8. The van der Waals surface area contributed by atoms with Gasteiger partial charge in [0.05, 0.1) is 24.9 Å². The van der Waals surface area contributed by atoms with Crippen LogP contribution in [0.5, 0.6) is 0 Å². The number of fused-ring (bicyclic) bond motifs is 1. The molecule has 1 aromatic carbocycles. The molecule has 0 aliphatic heterocycles. The molecule has 0 saturated heterocycles. The van der Waals surface area contributed by atoms with Gasteiger partial charge in [0.1, 0.15) is 34.3 Å². The molecule has 59 heavy (non-hydrogen) atoms. The second kappa shape index (κ2) is 21.5. The molecule has 6 aromatic rings. The van der Waals surface area contributed by atoms with Crippen LogP contribution in [0.3, 0.4) is 0 Å². The number of hydrogen-bond donors (Lipinski definition) is 0. The van der Waals surface area contributed by atoms with Crippen molar-refractivity contribution in [2.75, 3.05) is 13.2 Å². The molecule has 6 rings (SSSR count). The fourth-order valence-electron chi connectivity index (χ4n) is 6.52. The van der Waals surface area contributed by atoms with Gasteiger partial charge < -0.3 is 9.47 Å². The van der Waals surface area contributed by atoms with Gasteiger partial charge in [0, 0.05) is 50.1 Å². The van der Waals surface area contributed by atoms with Gasteiger partial charge in [-0.05, 0) is 85.4 Å². The van der Waals surface area contributed by atoms with Crippen molar-refractivity contribution in [2.24, 2.45) is 11.8 Å². The Morgan fingerprint density at radius 2 is 0.983 bits per heavy atom. The minimum atomic E-state index is -0.573. The molecule has 0 bridgehead atoms. The quantitative estimate of drug-likeness (QED) is 0.0421. The van der Waals surface area contributed by atoms with Crippen LogP contribution in [0.15, 0.2) is 71.8 Å². The van der Waals surface area contributed by atoms with Crippen molar-refractivity contribution in [2.45, 2.75) is 79.1 Å². The molecule has 0 amide bonds. The summed E-state index contributed by atoms with van der Waals surface area (Å²) in [6, 6.07) is 24.6. The largest absolute Gasteiger partial charge is 0.461 e. The van der Waals surface area contributed by atoms with Crippen molar-refractivity contribution < 1.29 is 19.1 Å². The number of nitrogens with zero attached hydrogens (tertiary/aromatic N) is 4. The average molecular weight is 879 g/mol. The third-order valence-corrected chi connectivity index (χ3v) is 15.4. The summed E-state index contributed by atoms with van der Waals surface area (Å²) in [5.74, 6) is -0.532. The van der Waals surface area contributed by atoms with Crippen LogP contribution in [-0.4, -0.2) is 33.9 Å². The molecule has 2 unspecified atom stereocenters. The zero-order valence-electron chi connectivity index (χ0n) is 33.6. The Bertz CT molecular complexity index is 2350. The highest BCUT2D eigenvalue weighted by Gasteiger charge is 2.20. The minimum absolute atomic E-state index is 0.00542. The van der Waals surface area contributed by atoms with Gasteiger partial charge in [-0.1, -0.05) is 78.4 Å². The van der Waals surface area contributed by atoms with Gasteiger partial charge in [0.25, 0.3) is 0 Å². The van der Waals surface area contributed by atoms with Gasteiger partial charge in [-0.25, -0.2) is 9.59 Å². The molecule has 0 aliphatic carbocycles. The molecule has 8 nitrogen and oxygen atoms in total. The van der Waals surface area contributed by atoms with Gasteiger partial charge >= 0.3 is 11.9 Å². The lowest BCUT2D eigenvalue weighted by Crippen LogP contribution is -2.14. The fraction of sp³-hybridized carbons (Fsp3) is 0.348. The van der Waals surface area contributed by atoms with Gasteiger partial charge in [-0.15, -0.1) is 45.3 Å². The first-order chi connectivity index (χ1) is 28.8. The topological polar surface area (TPSA) is 126 Å². The lowest BCUT2D eigenvalue weighted by Gasteiger charge is -2.14. The number of carbonyl (C=O) groups is 2. The highest BCUT2D eigenvalue weighted by atomic mass is 32.1. The maximum absolute atomic E-state index is 12.8. The summed E-state index contributed by atoms with van der Waals surface area (Å²) >= 11 is 7.57. The normalized spacial score (nSPS) is 12.9. The van der Waals surface area contributed by atoms with Crippen molar-refractivity contribution in [3.05, 3.63) is 81.6 Å². The van der Waals surface area contributed by atoms with Gasteiger partial charge in [0.2, 0.25) is 0 Å². The summed E-state index contributed by atoms with van der Waals surface area (Å²) in [7, 11) is 0. The van der Waals surface area contributed by atoms with Crippen LogP contribution in [-0.2, 0) is 19.1 Å². The molecule has 0 radical (unpaired) electrons. The van der Waals surface area contributed by atoms with E-state index in [-0.39, 0.29) is 11.1 Å². The smallest absolute Gasteiger partial charge is 0.348 e. The Morgan fingerprint density at radius 1 is 0.593 bits per heavy atom. The van der Waals surface area contributed by atoms with E-state index in [0.29, 0.717) is 25.0 Å². The molecule has 13 heteroatoms. The number of carbonyl (C=O) groups excluding carboxylic acids is 2. The van der Waals surface area contributed by atoms with E-state index in [0.717, 1.165) is 113 Å². The van der Waals surface area contributed by atoms with Crippen molar-refractivity contribution in [1.82, 2.24) is 8.75 Å². The van der Waals surface area contributed by atoms with E-state index in [1.54, 1.807) is 34.8 Å². The van der Waals surface area contributed by atoms with Gasteiger partial charge in [-0.3, -0.25) is 0 Å². The Morgan fingerprint density at radius 3 is 1.37 bits per heavy atom. The lowest BCUT2D eigenvalue weighted by atomic mass is 10.0. The Labute approximate surface area is 366 Å². The number of hydrogen-bond acceptors (Lipinski definition) is 13. The molecular weight excluding hydrogens is 833 g/mol. The van der Waals surface area contributed by atoms with E-state index >= 15 is 0 Å². The second-order valence-corrected chi connectivity index (χ2v) is 19.2. The molecule has 5 aromatic heterocycles. The standard InChI is InChI=1S/C46H46N4O4S5/c1-5-9-11-29(7-3)27-53-45(51)31(25-47)23-33-13-17-39(55-33)41-21-19-37(57-41)35-15-16-36(44-43(35)49-59-50-44)38-20-22-42(58-38)40-18-14-34(56-40)24-32(26-48)46(52)54-28-30(8-4)12-10-6-2/h13-24,29-30H,5-12,27-28H2,1-4H3/b31-23+,32-24+. The fourth-order valence-corrected chi connectivity index (χ4v) is 11.2. The zero-order chi connectivity index (χ0) is 41.7. The van der Waals surface area contributed by atoms with E-state index in [2.05, 4.69) is 64.1 Å². The number of nitriles is 2. The predicted octanol–water partition coefficient (Wildman–Crippen LogP) is 13.9. The van der Waals surface area contributed by atoms with Crippen LogP contribution in [0.2, 0.25) is 0 Å². The molecule has 5 heterocycles. The summed E-state index contributed by atoms with van der Waals surface area (Å²) in [5, 5.41) is 19.5. The Balaban J connectivity index is 1.14. The van der Waals surface area contributed by atoms with Gasteiger partial charge in [0.15, 0.2) is 0 Å². The number of esters is 2. The summed E-state index contributed by atoms with van der Waals surface area (Å²) < 4.78 is 20.5. The number of thiophene rings is 4. The van der Waals surface area contributed by atoms with Crippen LogP contribution in [0.1, 0.15) is 88.8 Å². The molecule has 0 fully saturated rings. The van der Waals surface area contributed by atoms with Crippen molar-refractivity contribution >= 4 is 92.2 Å². The number of ether oxygens (including phenoxy) is 2. The molecule has 0 saturated carbocycles. The van der Waals surface area contributed by atoms with Crippen molar-refractivity contribution in [3.8, 4) is 52.5 Å². The molecule has 0 spiro atoms. The summed E-state index contributed by atoms with van der Waals surface area (Å²) in [4.78, 5) is 33.5. The van der Waals surface area contributed by atoms with Gasteiger partial charge in [-0.2, -0.15) is 19.3 Å². The first-order valence-electron chi connectivity index (χ1n) is 20.0. The minimum Gasteiger partial charge on any atom is -0.461 e. The van der Waals surface area contributed by atoms with E-state index in [9.17, 15) is 20.1 Å². The third kappa shape index (κ3) is 11.1. The first kappa shape index (κ1) is 43.8. The Hall–Kier alpha value is -4.76. The summed E-state index contributed by atoms with van der Waals surface area (Å²) in [6.45, 7) is 9.16. The maximum Gasteiger partial charge on any atom is 0.348 e. The lowest BCUT2D eigenvalue weighted by molar-refractivity contribution is -0.140. The van der Waals surface area contributed by atoms with Crippen LogP contribution in [0.4, 0.5) is 0 Å². The number of benzene rings is 1.